The second-order valence-electron chi connectivity index (χ2n) is 7.73. The van der Waals surface area contributed by atoms with Crippen molar-refractivity contribution in [2.24, 2.45) is 0 Å². The van der Waals surface area contributed by atoms with Gasteiger partial charge in [0.15, 0.2) is 5.82 Å². The van der Waals surface area contributed by atoms with E-state index in [9.17, 15) is 0 Å². The van der Waals surface area contributed by atoms with Gasteiger partial charge in [0, 0.05) is 16.8 Å². The van der Waals surface area contributed by atoms with E-state index in [2.05, 4.69) is 0 Å². The van der Waals surface area contributed by atoms with Gasteiger partial charge >= 0.3 is 6.97 Å². The molecule has 2 heterocycles. The number of imidazole rings is 1. The highest BCUT2D eigenvalue weighted by atomic mass is 19.2. The van der Waals surface area contributed by atoms with E-state index in [0.717, 1.165) is 16.7 Å². The minimum Gasteiger partial charge on any atom is -0.390 e. The zero-order valence-corrected chi connectivity index (χ0v) is 17.2. The number of fused-ring (bicyclic) bond motifs is 1. The van der Waals surface area contributed by atoms with Gasteiger partial charge in [0.25, 0.3) is 0 Å². The zero-order valence-electron chi connectivity index (χ0n) is 17.2. The topological polar surface area (TPSA) is 20.8 Å². The van der Waals surface area contributed by atoms with Crippen LogP contribution in [0, 0.1) is 0 Å². The molecule has 1 aliphatic heterocycles. The van der Waals surface area contributed by atoms with E-state index in [1.54, 1.807) is 0 Å². The highest BCUT2D eigenvalue weighted by Gasteiger charge is 2.55. The number of rotatable bonds is 5. The molecule has 0 atom stereocenters. The summed E-state index contributed by atoms with van der Waals surface area (Å²) in [7, 11) is 0. The van der Waals surface area contributed by atoms with E-state index in [0.29, 0.717) is 29.3 Å². The van der Waals surface area contributed by atoms with Gasteiger partial charge in [-0.2, -0.15) is 0 Å². The number of hydrogen-bond acceptors (Lipinski definition) is 1. The molecule has 0 bridgehead atoms. The van der Waals surface area contributed by atoms with Crippen molar-refractivity contribution < 1.29 is 13.1 Å². The number of benzene rings is 3. The van der Waals surface area contributed by atoms with Gasteiger partial charge in [-0.05, 0) is 24.1 Å². The lowest BCUT2D eigenvalue weighted by Crippen LogP contribution is -2.45. The molecule has 0 fully saturated rings. The highest BCUT2D eigenvalue weighted by Crippen LogP contribution is 2.39. The number of hydrogen-bond donors (Lipinski definition) is 0. The van der Waals surface area contributed by atoms with E-state index in [1.165, 1.54) is 8.96 Å². The second kappa shape index (κ2) is 7.62. The molecular weight excluding hydrogens is 391 g/mol. The summed E-state index contributed by atoms with van der Waals surface area (Å²) >= 11 is 0. The Labute approximate surface area is 180 Å². The van der Waals surface area contributed by atoms with Gasteiger partial charge in [-0.3, -0.25) is 0 Å². The monoisotopic (exact) mass is 413 g/mol. The van der Waals surface area contributed by atoms with Crippen LogP contribution in [0.15, 0.2) is 91.0 Å². The maximum absolute atomic E-state index is 16.1. The standard InChI is InChI=1S/C25H22BF2N3/c1-2-18-30-24(21-16-10-5-11-17-21)25-29-22(19-12-6-3-7-13-19)23(31(25)26(30,27)28)20-14-8-4-9-15-20/h3-17H,2,18H2,1H3. The SMILES string of the molecule is CCC[N+]1=C(c2ccccc2)c2nc(-c3ccccc3)c(-c3ccccc3)n2[B-]1(F)F. The molecule has 0 saturated heterocycles. The van der Waals surface area contributed by atoms with Crippen LogP contribution in [0.4, 0.5) is 8.63 Å². The van der Waals surface area contributed by atoms with Crippen LogP contribution in [-0.4, -0.2) is 33.2 Å². The van der Waals surface area contributed by atoms with Crippen LogP contribution in [0.5, 0.6) is 0 Å². The third kappa shape index (κ3) is 3.10. The Morgan fingerprint density at radius 3 is 1.84 bits per heavy atom. The van der Waals surface area contributed by atoms with Gasteiger partial charge in [0.1, 0.15) is 0 Å². The Bertz CT molecular complexity index is 1250. The van der Waals surface area contributed by atoms with Crippen molar-refractivity contribution in [2.75, 3.05) is 6.54 Å². The number of aromatic nitrogens is 2. The number of nitrogens with zero attached hydrogens (tertiary/aromatic N) is 3. The molecule has 1 aromatic heterocycles. The molecule has 5 rings (SSSR count). The first-order chi connectivity index (χ1) is 15.1. The molecule has 6 heteroatoms. The Hall–Kier alpha value is -3.54. The lowest BCUT2D eigenvalue weighted by molar-refractivity contribution is -0.420. The first-order valence-electron chi connectivity index (χ1n) is 10.6. The predicted molar refractivity (Wildman–Crippen MR) is 122 cm³/mol. The van der Waals surface area contributed by atoms with Crippen LogP contribution in [0.1, 0.15) is 24.7 Å². The highest BCUT2D eigenvalue weighted by molar-refractivity contribution is 6.60. The normalized spacial score (nSPS) is 14.7. The Balaban J connectivity index is 1.86. The van der Waals surface area contributed by atoms with Crippen LogP contribution in [0.3, 0.4) is 0 Å². The van der Waals surface area contributed by atoms with Gasteiger partial charge in [0.2, 0.25) is 5.71 Å². The van der Waals surface area contributed by atoms with E-state index >= 15 is 8.63 Å². The summed E-state index contributed by atoms with van der Waals surface area (Å²) < 4.78 is 34.6. The van der Waals surface area contributed by atoms with Gasteiger partial charge in [-0.1, -0.05) is 85.8 Å². The maximum atomic E-state index is 16.1. The van der Waals surface area contributed by atoms with Crippen molar-refractivity contribution in [3.05, 3.63) is 102 Å². The fraction of sp³-hybridized carbons (Fsp3) is 0.120. The third-order valence-electron chi connectivity index (χ3n) is 5.70. The molecule has 0 N–H and O–H groups in total. The van der Waals surface area contributed by atoms with Crippen LogP contribution in [0.2, 0.25) is 0 Å². The second-order valence-corrected chi connectivity index (χ2v) is 7.73. The fourth-order valence-electron chi connectivity index (χ4n) is 4.39. The maximum Gasteiger partial charge on any atom is 0.733 e. The van der Waals surface area contributed by atoms with Crippen molar-refractivity contribution in [3.8, 4) is 22.5 Å². The van der Waals surface area contributed by atoms with Crippen LogP contribution in [0.25, 0.3) is 22.5 Å². The molecule has 0 unspecified atom stereocenters. The Morgan fingerprint density at radius 2 is 1.29 bits per heavy atom. The molecule has 31 heavy (non-hydrogen) atoms. The molecule has 3 nitrogen and oxygen atoms in total. The fourth-order valence-corrected chi connectivity index (χ4v) is 4.39. The average molecular weight is 413 g/mol. The smallest absolute Gasteiger partial charge is 0.390 e. The molecule has 0 spiro atoms. The molecule has 1 aliphatic rings. The van der Waals surface area contributed by atoms with Crippen LogP contribution >= 0.6 is 0 Å². The van der Waals surface area contributed by atoms with Gasteiger partial charge in [-0.25, -0.2) is 4.98 Å². The van der Waals surface area contributed by atoms with Crippen LogP contribution < -0.4 is 0 Å². The van der Waals surface area contributed by atoms with Crippen LogP contribution in [-0.2, 0) is 0 Å². The Kier molecular flexibility index (Phi) is 4.77. The van der Waals surface area contributed by atoms with Crippen molar-refractivity contribution in [3.63, 3.8) is 0 Å². The summed E-state index contributed by atoms with van der Waals surface area (Å²) in [4.78, 5) is 4.84. The van der Waals surface area contributed by atoms with Gasteiger partial charge in [0.05, 0.1) is 12.2 Å². The summed E-state index contributed by atoms with van der Waals surface area (Å²) in [5, 5.41) is 0. The van der Waals surface area contributed by atoms with Gasteiger partial charge in [-0.15, -0.1) is 0 Å². The molecule has 0 saturated carbocycles. The average Bonchev–Trinajstić information content (AvgIpc) is 3.30. The molecule has 154 valence electrons. The van der Waals surface area contributed by atoms with E-state index in [1.807, 2.05) is 97.9 Å². The van der Waals surface area contributed by atoms with Crippen molar-refractivity contribution in [1.29, 1.82) is 0 Å². The quantitative estimate of drug-likeness (QED) is 0.384. The largest absolute Gasteiger partial charge is 0.733 e. The summed E-state index contributed by atoms with van der Waals surface area (Å²) in [5.74, 6) is 0.322. The Morgan fingerprint density at radius 1 is 0.774 bits per heavy atom. The zero-order chi connectivity index (χ0) is 21.4. The first-order valence-corrected chi connectivity index (χ1v) is 10.6. The van der Waals surface area contributed by atoms with E-state index in [-0.39, 0.29) is 6.54 Å². The summed E-state index contributed by atoms with van der Waals surface area (Å²) in [6.07, 6.45) is 0.616. The first kappa shape index (κ1) is 19.4. The van der Waals surface area contributed by atoms with Gasteiger partial charge < -0.3 is 17.6 Å². The molecule has 0 radical (unpaired) electrons. The lowest BCUT2D eigenvalue weighted by Gasteiger charge is -2.21. The van der Waals surface area contributed by atoms with Crippen molar-refractivity contribution in [2.45, 2.75) is 13.3 Å². The minimum atomic E-state index is -4.05. The van der Waals surface area contributed by atoms with E-state index in [4.69, 9.17) is 4.98 Å². The summed E-state index contributed by atoms with van der Waals surface area (Å²) in [6.45, 7) is -1.87. The molecule has 0 amide bonds. The third-order valence-corrected chi connectivity index (χ3v) is 5.70. The lowest BCUT2D eigenvalue weighted by atomic mass is 9.93. The van der Waals surface area contributed by atoms with E-state index < -0.39 is 6.97 Å². The summed E-state index contributed by atoms with van der Waals surface area (Å²) in [6, 6.07) is 28.3. The minimum absolute atomic E-state index is 0.259. The number of halogens is 2. The predicted octanol–water partition coefficient (Wildman–Crippen LogP) is 5.71. The molecule has 0 aliphatic carbocycles. The molecule has 3 aromatic carbocycles. The van der Waals surface area contributed by atoms with Crippen molar-refractivity contribution >= 4 is 12.7 Å². The molecular formula is C25H22BF2N3. The summed E-state index contributed by atoms with van der Waals surface area (Å²) in [5.41, 5.74) is 3.83. The van der Waals surface area contributed by atoms with Crippen molar-refractivity contribution in [1.82, 2.24) is 9.46 Å². The molecule has 4 aromatic rings.